The molecule has 5 heteroatoms. The van der Waals surface area contributed by atoms with Crippen molar-refractivity contribution in [3.05, 3.63) is 65.5 Å². The van der Waals surface area contributed by atoms with Crippen LogP contribution in [-0.2, 0) is 17.7 Å². The first kappa shape index (κ1) is 17.4. The number of nitrogens with zero attached hydrogens (tertiary/aromatic N) is 2. The van der Waals surface area contributed by atoms with E-state index in [4.69, 9.17) is 4.74 Å². The minimum Gasteiger partial charge on any atom is -0.367 e. The summed E-state index contributed by atoms with van der Waals surface area (Å²) in [6, 6.07) is 14.0. The number of aromatic nitrogens is 1. The molecule has 1 N–H and O–H groups in total. The second kappa shape index (κ2) is 8.12. The van der Waals surface area contributed by atoms with Gasteiger partial charge in [-0.2, -0.15) is 0 Å². The van der Waals surface area contributed by atoms with Gasteiger partial charge in [0.1, 0.15) is 6.10 Å². The summed E-state index contributed by atoms with van der Waals surface area (Å²) in [6.45, 7) is 5.70. The van der Waals surface area contributed by atoms with Gasteiger partial charge in [-0.3, -0.25) is 4.98 Å². The van der Waals surface area contributed by atoms with E-state index in [2.05, 4.69) is 17.2 Å². The van der Waals surface area contributed by atoms with Gasteiger partial charge in [-0.15, -0.1) is 0 Å². The topological polar surface area (TPSA) is 54.5 Å². The van der Waals surface area contributed by atoms with Gasteiger partial charge in [0.15, 0.2) is 0 Å². The molecule has 2 atom stereocenters. The zero-order chi connectivity index (χ0) is 17.6. The normalized spacial score (nSPS) is 20.3. The summed E-state index contributed by atoms with van der Waals surface area (Å²) in [7, 11) is 0. The fourth-order valence-corrected chi connectivity index (χ4v) is 3.09. The second-order valence-electron chi connectivity index (χ2n) is 6.42. The molecule has 1 fully saturated rings. The molecule has 1 saturated heterocycles. The third-order valence-electron chi connectivity index (χ3n) is 4.43. The summed E-state index contributed by atoms with van der Waals surface area (Å²) >= 11 is 0. The van der Waals surface area contributed by atoms with Crippen LogP contribution in [0.15, 0.2) is 48.7 Å². The number of hydrogen-bond acceptors (Lipinski definition) is 3. The number of carbonyl (C=O) groups is 1. The van der Waals surface area contributed by atoms with Crippen molar-refractivity contribution in [1.29, 1.82) is 0 Å². The molecule has 0 aliphatic carbocycles. The van der Waals surface area contributed by atoms with Gasteiger partial charge >= 0.3 is 6.03 Å². The smallest absolute Gasteiger partial charge is 0.317 e. The molecule has 2 aromatic rings. The number of nitrogens with one attached hydrogen (secondary N) is 1. The highest BCUT2D eigenvalue weighted by Gasteiger charge is 2.29. The van der Waals surface area contributed by atoms with E-state index in [0.717, 1.165) is 17.7 Å². The Hall–Kier alpha value is -2.40. The van der Waals surface area contributed by atoms with Crippen molar-refractivity contribution in [3.63, 3.8) is 0 Å². The Labute approximate surface area is 149 Å². The third-order valence-corrected chi connectivity index (χ3v) is 4.43. The fourth-order valence-electron chi connectivity index (χ4n) is 3.09. The number of rotatable bonds is 4. The van der Waals surface area contributed by atoms with Gasteiger partial charge in [-0.25, -0.2) is 4.79 Å². The number of aryl methyl sites for hydroxylation is 1. The van der Waals surface area contributed by atoms with Crippen LogP contribution in [-0.4, -0.2) is 35.1 Å². The molecule has 25 heavy (non-hydrogen) atoms. The zero-order valence-corrected chi connectivity index (χ0v) is 14.8. The van der Waals surface area contributed by atoms with E-state index in [9.17, 15) is 4.79 Å². The number of amides is 2. The molecule has 5 nitrogen and oxygen atoms in total. The standard InChI is InChI=1S/C20H25N3O2/c1-3-16-9-10-21-18(11-16)12-22-20(24)23-13-15(2)25-19(14-23)17-7-5-4-6-8-17/h4-11,15,19H,3,12-14H2,1-2H3,(H,22,24)/t15-,19+/m1/s1. The Morgan fingerprint density at radius 3 is 2.84 bits per heavy atom. The maximum atomic E-state index is 12.6. The lowest BCUT2D eigenvalue weighted by atomic mass is 10.1. The summed E-state index contributed by atoms with van der Waals surface area (Å²) in [5.74, 6) is 0. The Morgan fingerprint density at radius 1 is 1.28 bits per heavy atom. The maximum absolute atomic E-state index is 12.6. The van der Waals surface area contributed by atoms with E-state index in [0.29, 0.717) is 19.6 Å². The molecule has 1 aromatic carbocycles. The van der Waals surface area contributed by atoms with Crippen LogP contribution in [0.25, 0.3) is 0 Å². The Bertz CT molecular complexity index is 705. The van der Waals surface area contributed by atoms with Crippen molar-refractivity contribution in [2.45, 2.75) is 39.0 Å². The zero-order valence-electron chi connectivity index (χ0n) is 14.8. The summed E-state index contributed by atoms with van der Waals surface area (Å²) in [5, 5.41) is 2.98. The van der Waals surface area contributed by atoms with E-state index < -0.39 is 0 Å². The molecule has 3 rings (SSSR count). The van der Waals surface area contributed by atoms with Crippen LogP contribution in [0, 0.1) is 0 Å². The van der Waals surface area contributed by atoms with Gasteiger partial charge in [0, 0.05) is 12.7 Å². The highest BCUT2D eigenvalue weighted by Crippen LogP contribution is 2.25. The van der Waals surface area contributed by atoms with Crippen LogP contribution in [0.1, 0.15) is 36.8 Å². The van der Waals surface area contributed by atoms with Crippen LogP contribution in [0.3, 0.4) is 0 Å². The molecule has 0 spiro atoms. The molecule has 2 amide bonds. The predicted molar refractivity (Wildman–Crippen MR) is 97.2 cm³/mol. The summed E-state index contributed by atoms with van der Waals surface area (Å²) < 4.78 is 6.01. The third kappa shape index (κ3) is 4.57. The highest BCUT2D eigenvalue weighted by atomic mass is 16.5. The van der Waals surface area contributed by atoms with Gasteiger partial charge < -0.3 is 15.0 Å². The summed E-state index contributed by atoms with van der Waals surface area (Å²) in [4.78, 5) is 18.7. The predicted octanol–water partition coefficient (Wildman–Crippen LogP) is 3.32. The van der Waals surface area contributed by atoms with E-state index in [1.807, 2.05) is 54.3 Å². The summed E-state index contributed by atoms with van der Waals surface area (Å²) in [6.07, 6.45) is 2.68. The van der Waals surface area contributed by atoms with E-state index in [1.165, 1.54) is 5.56 Å². The Kier molecular flexibility index (Phi) is 5.66. The van der Waals surface area contributed by atoms with Gasteiger partial charge in [0.2, 0.25) is 0 Å². The molecule has 1 aliphatic rings. The summed E-state index contributed by atoms with van der Waals surface area (Å²) in [5.41, 5.74) is 3.21. The van der Waals surface area contributed by atoms with Gasteiger partial charge in [-0.1, -0.05) is 37.3 Å². The SMILES string of the molecule is CCc1ccnc(CNC(=O)N2C[C@@H](C)O[C@H](c3ccccc3)C2)c1. The number of morpholine rings is 1. The molecule has 2 heterocycles. The van der Waals surface area contributed by atoms with Crippen molar-refractivity contribution in [1.82, 2.24) is 15.2 Å². The first-order valence-corrected chi connectivity index (χ1v) is 8.82. The first-order chi connectivity index (χ1) is 12.2. The fraction of sp³-hybridized carbons (Fsp3) is 0.400. The lowest BCUT2D eigenvalue weighted by molar-refractivity contribution is -0.0657. The second-order valence-corrected chi connectivity index (χ2v) is 6.42. The number of pyridine rings is 1. The molecule has 0 radical (unpaired) electrons. The molecule has 1 aromatic heterocycles. The quantitative estimate of drug-likeness (QED) is 0.930. The monoisotopic (exact) mass is 339 g/mol. The Balaban J connectivity index is 1.61. The molecular weight excluding hydrogens is 314 g/mol. The number of carbonyl (C=O) groups excluding carboxylic acids is 1. The van der Waals surface area contributed by atoms with Crippen LogP contribution < -0.4 is 5.32 Å². The van der Waals surface area contributed by atoms with Crippen LogP contribution in [0.2, 0.25) is 0 Å². The Morgan fingerprint density at radius 2 is 2.08 bits per heavy atom. The molecule has 132 valence electrons. The van der Waals surface area contributed by atoms with Crippen LogP contribution >= 0.6 is 0 Å². The number of hydrogen-bond donors (Lipinski definition) is 1. The highest BCUT2D eigenvalue weighted by molar-refractivity contribution is 5.74. The molecule has 0 saturated carbocycles. The van der Waals surface area contributed by atoms with Crippen molar-refractivity contribution in [2.24, 2.45) is 0 Å². The van der Waals surface area contributed by atoms with Crippen molar-refractivity contribution >= 4 is 6.03 Å². The van der Waals surface area contributed by atoms with Crippen molar-refractivity contribution < 1.29 is 9.53 Å². The van der Waals surface area contributed by atoms with Gasteiger partial charge in [0.25, 0.3) is 0 Å². The molecule has 1 aliphatic heterocycles. The lowest BCUT2D eigenvalue weighted by Crippen LogP contribution is -2.49. The van der Waals surface area contributed by atoms with E-state index >= 15 is 0 Å². The van der Waals surface area contributed by atoms with Crippen molar-refractivity contribution in [3.8, 4) is 0 Å². The van der Waals surface area contributed by atoms with Crippen LogP contribution in [0.4, 0.5) is 4.79 Å². The van der Waals surface area contributed by atoms with Gasteiger partial charge in [0.05, 0.1) is 24.9 Å². The number of benzene rings is 1. The van der Waals surface area contributed by atoms with Crippen molar-refractivity contribution in [2.75, 3.05) is 13.1 Å². The molecular formula is C20H25N3O2. The van der Waals surface area contributed by atoms with Crippen LogP contribution in [0.5, 0.6) is 0 Å². The first-order valence-electron chi connectivity index (χ1n) is 8.82. The average molecular weight is 339 g/mol. The minimum absolute atomic E-state index is 0.00579. The number of urea groups is 1. The maximum Gasteiger partial charge on any atom is 0.317 e. The average Bonchev–Trinajstić information content (AvgIpc) is 2.66. The lowest BCUT2D eigenvalue weighted by Gasteiger charge is -2.37. The molecule has 0 bridgehead atoms. The minimum atomic E-state index is -0.0859. The largest absolute Gasteiger partial charge is 0.367 e. The number of ether oxygens (including phenoxy) is 1. The van der Waals surface area contributed by atoms with Gasteiger partial charge in [-0.05, 0) is 36.6 Å². The van der Waals surface area contributed by atoms with E-state index in [1.54, 1.807) is 6.20 Å². The van der Waals surface area contributed by atoms with E-state index in [-0.39, 0.29) is 18.2 Å². The molecule has 0 unspecified atom stereocenters.